The van der Waals surface area contributed by atoms with Gasteiger partial charge in [0.15, 0.2) is 0 Å². The van der Waals surface area contributed by atoms with Crippen LogP contribution in [0.2, 0.25) is 0 Å². The largest absolute Gasteiger partial charge is 0.454 e. The maximum absolute atomic E-state index is 12.3. The van der Waals surface area contributed by atoms with Crippen LogP contribution in [0, 0.1) is 6.92 Å². The zero-order valence-electron chi connectivity index (χ0n) is 12.9. The molecule has 0 saturated heterocycles. The summed E-state index contributed by atoms with van der Waals surface area (Å²) in [6.45, 7) is 3.74. The van der Waals surface area contributed by atoms with E-state index in [-0.39, 0.29) is 12.1 Å². The molecule has 0 saturated carbocycles. The van der Waals surface area contributed by atoms with Crippen molar-refractivity contribution in [2.24, 2.45) is 0 Å². The van der Waals surface area contributed by atoms with Crippen molar-refractivity contribution in [1.29, 1.82) is 0 Å². The lowest BCUT2D eigenvalue weighted by atomic mass is 10.1. The van der Waals surface area contributed by atoms with Gasteiger partial charge >= 0.3 is 5.97 Å². The highest BCUT2D eigenvalue weighted by molar-refractivity contribution is 5.90. The van der Waals surface area contributed by atoms with Crippen molar-refractivity contribution in [1.82, 2.24) is 19.7 Å². The van der Waals surface area contributed by atoms with Crippen LogP contribution in [0.5, 0.6) is 0 Å². The normalized spacial score (nSPS) is 11.9. The van der Waals surface area contributed by atoms with E-state index in [1.165, 1.54) is 6.33 Å². The average molecular weight is 308 g/mol. The third-order valence-corrected chi connectivity index (χ3v) is 3.54. The SMILES string of the molecule is Cc1cc(C(=O)OC(C)c2cccnc2)ccc1-n1cncn1. The minimum Gasteiger partial charge on any atom is -0.454 e. The van der Waals surface area contributed by atoms with Crippen LogP contribution < -0.4 is 0 Å². The maximum Gasteiger partial charge on any atom is 0.338 e. The monoisotopic (exact) mass is 308 g/mol. The summed E-state index contributed by atoms with van der Waals surface area (Å²) in [7, 11) is 0. The van der Waals surface area contributed by atoms with Crippen LogP contribution in [-0.4, -0.2) is 25.7 Å². The van der Waals surface area contributed by atoms with Crippen LogP contribution in [0.15, 0.2) is 55.4 Å². The molecule has 23 heavy (non-hydrogen) atoms. The summed E-state index contributed by atoms with van der Waals surface area (Å²) in [4.78, 5) is 20.3. The Labute approximate surface area is 133 Å². The molecule has 0 bridgehead atoms. The molecule has 0 amide bonds. The number of nitrogens with zero attached hydrogens (tertiary/aromatic N) is 4. The highest BCUT2D eigenvalue weighted by Crippen LogP contribution is 2.20. The van der Waals surface area contributed by atoms with Gasteiger partial charge in [-0.2, -0.15) is 5.10 Å². The van der Waals surface area contributed by atoms with Gasteiger partial charge in [-0.05, 0) is 43.7 Å². The van der Waals surface area contributed by atoms with Gasteiger partial charge in [0.1, 0.15) is 18.8 Å². The Bertz CT molecular complexity index is 801. The Kier molecular flexibility index (Phi) is 4.14. The van der Waals surface area contributed by atoms with Gasteiger partial charge in [-0.25, -0.2) is 14.5 Å². The van der Waals surface area contributed by atoms with Crippen molar-refractivity contribution >= 4 is 5.97 Å². The fraction of sp³-hybridized carbons (Fsp3) is 0.176. The van der Waals surface area contributed by atoms with Crippen molar-refractivity contribution < 1.29 is 9.53 Å². The summed E-state index contributed by atoms with van der Waals surface area (Å²) in [6, 6.07) is 9.04. The first-order chi connectivity index (χ1) is 11.1. The molecule has 3 aromatic rings. The predicted molar refractivity (Wildman–Crippen MR) is 84.2 cm³/mol. The first kappa shape index (κ1) is 14.9. The summed E-state index contributed by atoms with van der Waals surface area (Å²) >= 11 is 0. The first-order valence-corrected chi connectivity index (χ1v) is 7.21. The van der Waals surface area contributed by atoms with Crippen LogP contribution in [0.4, 0.5) is 0 Å². The molecule has 0 radical (unpaired) electrons. The van der Waals surface area contributed by atoms with Crippen LogP contribution in [-0.2, 0) is 4.74 Å². The number of ether oxygens (including phenoxy) is 1. The van der Waals surface area contributed by atoms with Gasteiger partial charge in [0, 0.05) is 18.0 Å². The number of esters is 1. The summed E-state index contributed by atoms with van der Waals surface area (Å²) in [5.74, 6) is -0.366. The number of carbonyl (C=O) groups is 1. The summed E-state index contributed by atoms with van der Waals surface area (Å²) in [5.41, 5.74) is 3.15. The number of aryl methyl sites for hydroxylation is 1. The molecule has 0 N–H and O–H groups in total. The third-order valence-electron chi connectivity index (χ3n) is 3.54. The molecule has 1 unspecified atom stereocenters. The molecule has 1 atom stereocenters. The Morgan fingerprint density at radius 1 is 1.26 bits per heavy atom. The summed E-state index contributed by atoms with van der Waals surface area (Å²) in [5, 5.41) is 4.09. The molecule has 2 aromatic heterocycles. The van der Waals surface area contributed by atoms with Gasteiger partial charge < -0.3 is 4.74 Å². The van der Waals surface area contributed by atoms with E-state index in [9.17, 15) is 4.79 Å². The molecule has 1 aromatic carbocycles. The summed E-state index contributed by atoms with van der Waals surface area (Å²) in [6.07, 6.45) is 6.11. The Morgan fingerprint density at radius 3 is 2.78 bits per heavy atom. The highest BCUT2D eigenvalue weighted by Gasteiger charge is 2.15. The highest BCUT2D eigenvalue weighted by atomic mass is 16.5. The molecule has 0 aliphatic rings. The number of hydrogen-bond donors (Lipinski definition) is 0. The molecule has 6 heteroatoms. The Balaban J connectivity index is 1.77. The third kappa shape index (κ3) is 3.26. The number of pyridine rings is 1. The van der Waals surface area contributed by atoms with Crippen molar-refractivity contribution in [3.63, 3.8) is 0 Å². The molecule has 0 aliphatic carbocycles. The molecule has 2 heterocycles. The Hall–Kier alpha value is -3.02. The van der Waals surface area contributed by atoms with Crippen molar-refractivity contribution in [3.05, 3.63) is 72.1 Å². The molecule has 3 rings (SSSR count). The second-order valence-electron chi connectivity index (χ2n) is 5.18. The quantitative estimate of drug-likeness (QED) is 0.693. The molecule has 116 valence electrons. The summed E-state index contributed by atoms with van der Waals surface area (Å²) < 4.78 is 7.15. The topological polar surface area (TPSA) is 69.9 Å². The number of hydrogen-bond acceptors (Lipinski definition) is 5. The fourth-order valence-corrected chi connectivity index (χ4v) is 2.29. The van der Waals surface area contributed by atoms with E-state index >= 15 is 0 Å². The standard InChI is InChI=1S/C17H16N4O2/c1-12-8-14(5-6-16(12)21-11-19-10-20-21)17(22)23-13(2)15-4-3-7-18-9-15/h3-11,13H,1-2H3. The van der Waals surface area contributed by atoms with E-state index in [0.717, 1.165) is 16.8 Å². The van der Waals surface area contributed by atoms with E-state index in [0.29, 0.717) is 5.56 Å². The molecule has 0 aliphatic heterocycles. The number of rotatable bonds is 4. The molecular weight excluding hydrogens is 292 g/mol. The van der Waals surface area contributed by atoms with Gasteiger partial charge in [-0.3, -0.25) is 4.98 Å². The number of carbonyl (C=O) groups excluding carboxylic acids is 1. The van der Waals surface area contributed by atoms with Crippen molar-refractivity contribution in [2.45, 2.75) is 20.0 Å². The minimum atomic E-state index is -0.366. The molecular formula is C17H16N4O2. The lowest BCUT2D eigenvalue weighted by Crippen LogP contribution is -2.10. The van der Waals surface area contributed by atoms with Crippen molar-refractivity contribution in [2.75, 3.05) is 0 Å². The van der Waals surface area contributed by atoms with Gasteiger partial charge in [-0.1, -0.05) is 6.07 Å². The van der Waals surface area contributed by atoms with E-state index in [4.69, 9.17) is 4.74 Å². The van der Waals surface area contributed by atoms with Gasteiger partial charge in [0.25, 0.3) is 0 Å². The van der Waals surface area contributed by atoms with E-state index < -0.39 is 0 Å². The Morgan fingerprint density at radius 2 is 2.13 bits per heavy atom. The van der Waals surface area contributed by atoms with Crippen LogP contribution in [0.1, 0.15) is 34.5 Å². The lowest BCUT2D eigenvalue weighted by Gasteiger charge is -2.14. The van der Waals surface area contributed by atoms with E-state index in [2.05, 4.69) is 15.1 Å². The smallest absolute Gasteiger partial charge is 0.338 e. The molecule has 6 nitrogen and oxygen atoms in total. The van der Waals surface area contributed by atoms with Crippen LogP contribution in [0.25, 0.3) is 5.69 Å². The zero-order valence-corrected chi connectivity index (χ0v) is 12.9. The van der Waals surface area contributed by atoms with Crippen LogP contribution >= 0.6 is 0 Å². The zero-order chi connectivity index (χ0) is 16.2. The second kappa shape index (κ2) is 6.39. The van der Waals surface area contributed by atoms with Gasteiger partial charge in [-0.15, -0.1) is 0 Å². The first-order valence-electron chi connectivity index (χ1n) is 7.21. The maximum atomic E-state index is 12.3. The average Bonchev–Trinajstić information content (AvgIpc) is 3.09. The predicted octanol–water partition coefficient (Wildman–Crippen LogP) is 2.89. The van der Waals surface area contributed by atoms with Gasteiger partial charge in [0.05, 0.1) is 11.3 Å². The fourth-order valence-electron chi connectivity index (χ4n) is 2.29. The number of benzene rings is 1. The lowest BCUT2D eigenvalue weighted by molar-refractivity contribution is 0.0337. The van der Waals surface area contributed by atoms with Crippen LogP contribution in [0.3, 0.4) is 0 Å². The molecule has 0 spiro atoms. The number of aromatic nitrogens is 4. The van der Waals surface area contributed by atoms with Gasteiger partial charge in [0.2, 0.25) is 0 Å². The minimum absolute atomic E-state index is 0.355. The second-order valence-corrected chi connectivity index (χ2v) is 5.18. The van der Waals surface area contributed by atoms with Crippen molar-refractivity contribution in [3.8, 4) is 5.69 Å². The van der Waals surface area contributed by atoms with E-state index in [1.807, 2.05) is 32.0 Å². The molecule has 0 fully saturated rings. The van der Waals surface area contributed by atoms with E-state index in [1.54, 1.807) is 35.5 Å².